The first kappa shape index (κ1) is 18.6. The van der Waals surface area contributed by atoms with Crippen LogP contribution in [0.5, 0.6) is 0 Å². The number of nitrogens with zero attached hydrogens (tertiary/aromatic N) is 2. The van der Waals surface area contributed by atoms with Crippen LogP contribution in [0.25, 0.3) is 31.0 Å². The number of thiazole rings is 2. The molecule has 0 atom stereocenters. The summed E-state index contributed by atoms with van der Waals surface area (Å²) in [5.41, 5.74) is 4.57. The average Bonchev–Trinajstić information content (AvgIpc) is 3.21. The van der Waals surface area contributed by atoms with Gasteiger partial charge in [-0.25, -0.2) is 9.97 Å². The summed E-state index contributed by atoms with van der Waals surface area (Å²) < 4.78 is 2.48. The first-order valence-corrected chi connectivity index (χ1v) is 10.1. The van der Waals surface area contributed by atoms with Crippen LogP contribution < -0.4 is 0 Å². The van der Waals surface area contributed by atoms with E-state index in [4.69, 9.17) is 4.98 Å². The maximum atomic E-state index is 4.79. The van der Waals surface area contributed by atoms with Crippen LogP contribution >= 0.6 is 22.7 Å². The molecule has 0 spiro atoms. The summed E-state index contributed by atoms with van der Waals surface area (Å²) in [5, 5.41) is 2.18. The van der Waals surface area contributed by atoms with Gasteiger partial charge in [-0.1, -0.05) is 45.9 Å². The van der Waals surface area contributed by atoms with Crippen LogP contribution in [0.2, 0.25) is 0 Å². The zero-order chi connectivity index (χ0) is 17.7. The van der Waals surface area contributed by atoms with Gasteiger partial charge < -0.3 is 0 Å². The van der Waals surface area contributed by atoms with Gasteiger partial charge in [-0.2, -0.15) is 0 Å². The Kier molecular flexibility index (Phi) is 6.46. The highest BCUT2D eigenvalue weighted by molar-refractivity contribution is 7.21. The van der Waals surface area contributed by atoms with Gasteiger partial charge in [0.15, 0.2) is 0 Å². The molecule has 4 aromatic rings. The Bertz CT molecular complexity index is 935. The van der Waals surface area contributed by atoms with Crippen molar-refractivity contribution in [2.24, 2.45) is 0 Å². The summed E-state index contributed by atoms with van der Waals surface area (Å²) in [6, 6.07) is 12.8. The Balaban J connectivity index is 0.000000487. The normalized spacial score (nSPS) is 10.1. The lowest BCUT2D eigenvalue weighted by Gasteiger charge is -1.95. The van der Waals surface area contributed by atoms with E-state index in [2.05, 4.69) is 48.3 Å². The average molecular weight is 357 g/mol. The summed E-state index contributed by atoms with van der Waals surface area (Å²) in [6.07, 6.45) is 0. The van der Waals surface area contributed by atoms with Crippen LogP contribution in [-0.2, 0) is 0 Å². The Morgan fingerprint density at radius 2 is 1.54 bits per heavy atom. The minimum absolute atomic E-state index is 1.07. The number of hydrogen-bond acceptors (Lipinski definition) is 4. The van der Waals surface area contributed by atoms with Crippen LogP contribution in [-0.4, -0.2) is 9.97 Å². The molecule has 2 nitrogen and oxygen atoms in total. The molecule has 2 aromatic carbocycles. The second kappa shape index (κ2) is 8.36. The van der Waals surface area contributed by atoms with E-state index in [1.165, 1.54) is 15.0 Å². The smallest absolute Gasteiger partial charge is 0.124 e. The first-order valence-electron chi connectivity index (χ1n) is 8.44. The molecule has 0 aliphatic rings. The lowest BCUT2D eigenvalue weighted by Crippen LogP contribution is -1.78. The molecular formula is C20H24N2S2. The van der Waals surface area contributed by atoms with E-state index in [0.717, 1.165) is 26.6 Å². The van der Waals surface area contributed by atoms with Crippen molar-refractivity contribution in [2.45, 2.75) is 41.5 Å². The maximum absolute atomic E-state index is 4.79. The Morgan fingerprint density at radius 1 is 0.792 bits per heavy atom. The fourth-order valence-electron chi connectivity index (χ4n) is 2.39. The van der Waals surface area contributed by atoms with Gasteiger partial charge >= 0.3 is 0 Å². The summed E-state index contributed by atoms with van der Waals surface area (Å²) in [6.45, 7) is 12.2. The van der Waals surface area contributed by atoms with Crippen molar-refractivity contribution in [3.05, 3.63) is 47.0 Å². The highest BCUT2D eigenvalue weighted by Crippen LogP contribution is 2.33. The highest BCUT2D eigenvalue weighted by Gasteiger charge is 2.09. The third-order valence-electron chi connectivity index (χ3n) is 3.36. The lowest BCUT2D eigenvalue weighted by atomic mass is 10.2. The van der Waals surface area contributed by atoms with E-state index in [-0.39, 0.29) is 0 Å². The molecular weight excluding hydrogens is 332 g/mol. The maximum Gasteiger partial charge on any atom is 0.124 e. The SMILES string of the molecule is CC.CC.Cc1nc2cc(-c3nc4c(C)cccc4s3)ccc2s1. The van der Waals surface area contributed by atoms with Gasteiger partial charge in [0.2, 0.25) is 0 Å². The monoisotopic (exact) mass is 356 g/mol. The molecule has 24 heavy (non-hydrogen) atoms. The predicted molar refractivity (Wildman–Crippen MR) is 110 cm³/mol. The second-order valence-electron chi connectivity index (χ2n) is 4.86. The van der Waals surface area contributed by atoms with Crippen molar-refractivity contribution >= 4 is 43.1 Å². The largest absolute Gasteiger partial charge is 0.241 e. The summed E-state index contributed by atoms with van der Waals surface area (Å²) in [7, 11) is 0. The van der Waals surface area contributed by atoms with E-state index in [1.807, 2.05) is 34.6 Å². The van der Waals surface area contributed by atoms with Crippen molar-refractivity contribution in [1.29, 1.82) is 0 Å². The van der Waals surface area contributed by atoms with Gasteiger partial charge in [-0.15, -0.1) is 22.7 Å². The van der Waals surface area contributed by atoms with Crippen molar-refractivity contribution in [2.75, 3.05) is 0 Å². The quantitative estimate of drug-likeness (QED) is 0.359. The first-order chi connectivity index (χ1) is 11.7. The van der Waals surface area contributed by atoms with E-state index >= 15 is 0 Å². The molecule has 0 radical (unpaired) electrons. The van der Waals surface area contributed by atoms with Crippen molar-refractivity contribution in [1.82, 2.24) is 9.97 Å². The predicted octanol–water partition coefficient (Wildman–Crippen LogP) is 7.24. The van der Waals surface area contributed by atoms with Gasteiger partial charge in [-0.3, -0.25) is 0 Å². The topological polar surface area (TPSA) is 25.8 Å². The molecule has 0 bridgehead atoms. The number of aromatic nitrogens is 2. The van der Waals surface area contributed by atoms with Crippen LogP contribution in [0.15, 0.2) is 36.4 Å². The lowest BCUT2D eigenvalue weighted by molar-refractivity contribution is 1.34. The van der Waals surface area contributed by atoms with Crippen molar-refractivity contribution in [3.8, 4) is 10.6 Å². The summed E-state index contributed by atoms with van der Waals surface area (Å²) >= 11 is 3.48. The molecule has 0 fully saturated rings. The molecule has 2 aromatic heterocycles. The van der Waals surface area contributed by atoms with Crippen LogP contribution in [0.3, 0.4) is 0 Å². The standard InChI is InChI=1S/C16H12N2S2.2C2H6/c1-9-4-3-5-14-15(9)18-16(20-14)11-6-7-13-12(8-11)17-10(2)19-13;2*1-2/h3-8H,1-2H3;2*1-2H3. The molecule has 0 unspecified atom stereocenters. The molecule has 0 aliphatic heterocycles. The molecule has 2 heterocycles. The van der Waals surface area contributed by atoms with Gasteiger partial charge in [0.05, 0.1) is 25.4 Å². The van der Waals surface area contributed by atoms with Gasteiger partial charge in [0.25, 0.3) is 0 Å². The zero-order valence-corrected chi connectivity index (χ0v) is 16.8. The van der Waals surface area contributed by atoms with Crippen LogP contribution in [0.1, 0.15) is 38.3 Å². The molecule has 0 aliphatic carbocycles. The number of aryl methyl sites for hydroxylation is 2. The van der Waals surface area contributed by atoms with E-state index in [9.17, 15) is 0 Å². The number of rotatable bonds is 1. The molecule has 126 valence electrons. The molecule has 0 N–H and O–H groups in total. The van der Waals surface area contributed by atoms with Crippen LogP contribution in [0.4, 0.5) is 0 Å². The minimum atomic E-state index is 1.07. The van der Waals surface area contributed by atoms with Crippen LogP contribution in [0, 0.1) is 13.8 Å². The molecule has 0 saturated heterocycles. The fraction of sp³-hybridized carbons (Fsp3) is 0.300. The Hall–Kier alpha value is -1.78. The summed E-state index contributed by atoms with van der Waals surface area (Å²) in [5.74, 6) is 0. The molecule has 0 amide bonds. The van der Waals surface area contributed by atoms with E-state index in [0.29, 0.717) is 0 Å². The molecule has 4 rings (SSSR count). The minimum Gasteiger partial charge on any atom is -0.241 e. The number of fused-ring (bicyclic) bond motifs is 2. The molecule has 0 saturated carbocycles. The second-order valence-corrected chi connectivity index (χ2v) is 7.12. The van der Waals surface area contributed by atoms with E-state index < -0.39 is 0 Å². The molecule has 4 heteroatoms. The Labute approximate surface area is 152 Å². The zero-order valence-electron chi connectivity index (χ0n) is 15.2. The number of para-hydroxylation sites is 1. The van der Waals surface area contributed by atoms with Gasteiger partial charge in [0, 0.05) is 5.56 Å². The number of benzene rings is 2. The third-order valence-corrected chi connectivity index (χ3v) is 5.38. The van der Waals surface area contributed by atoms with Crippen molar-refractivity contribution < 1.29 is 0 Å². The Morgan fingerprint density at radius 3 is 2.25 bits per heavy atom. The van der Waals surface area contributed by atoms with Gasteiger partial charge in [0.1, 0.15) is 5.01 Å². The summed E-state index contributed by atoms with van der Waals surface area (Å²) in [4.78, 5) is 9.36. The highest BCUT2D eigenvalue weighted by atomic mass is 32.1. The van der Waals surface area contributed by atoms with E-state index in [1.54, 1.807) is 22.7 Å². The van der Waals surface area contributed by atoms with Gasteiger partial charge in [-0.05, 0) is 37.6 Å². The fourth-order valence-corrected chi connectivity index (χ4v) is 4.23. The number of hydrogen-bond donors (Lipinski definition) is 0. The third kappa shape index (κ3) is 3.65. The van der Waals surface area contributed by atoms with Crippen molar-refractivity contribution in [3.63, 3.8) is 0 Å².